The molecule has 0 fully saturated rings. The molecule has 0 rings (SSSR count). The van der Waals surface area contributed by atoms with Crippen molar-refractivity contribution in [2.45, 2.75) is 46.7 Å². The normalized spacial score (nSPS) is 15.7. The van der Waals surface area contributed by atoms with Gasteiger partial charge in [0.05, 0.1) is 6.04 Å². The van der Waals surface area contributed by atoms with Crippen molar-refractivity contribution in [2.75, 3.05) is 20.1 Å². The van der Waals surface area contributed by atoms with Crippen LogP contribution in [0.5, 0.6) is 0 Å². The van der Waals surface area contributed by atoms with Gasteiger partial charge in [-0.3, -0.25) is 9.69 Å². The van der Waals surface area contributed by atoms with Crippen LogP contribution in [0.2, 0.25) is 0 Å². The molecule has 0 saturated heterocycles. The third kappa shape index (κ3) is 5.28. The molecule has 3 nitrogen and oxygen atoms in total. The van der Waals surface area contributed by atoms with Gasteiger partial charge in [-0.1, -0.05) is 20.8 Å². The quantitative estimate of drug-likeness (QED) is 0.697. The summed E-state index contributed by atoms with van der Waals surface area (Å²) in [7, 11) is 2.03. The average molecular weight is 214 g/mol. The van der Waals surface area contributed by atoms with Gasteiger partial charge in [0.25, 0.3) is 0 Å². The molecule has 0 radical (unpaired) electrons. The number of hydrogen-bond acceptors (Lipinski definition) is 3. The number of nitrogens with zero attached hydrogens (tertiary/aromatic N) is 1. The fourth-order valence-corrected chi connectivity index (χ4v) is 2.25. The van der Waals surface area contributed by atoms with Crippen molar-refractivity contribution in [3.05, 3.63) is 0 Å². The van der Waals surface area contributed by atoms with Gasteiger partial charge in [-0.2, -0.15) is 0 Å². The molecule has 15 heavy (non-hydrogen) atoms. The van der Waals surface area contributed by atoms with E-state index in [1.165, 1.54) is 0 Å². The van der Waals surface area contributed by atoms with E-state index in [0.29, 0.717) is 12.0 Å². The van der Waals surface area contributed by atoms with E-state index < -0.39 is 0 Å². The highest BCUT2D eigenvalue weighted by Crippen LogP contribution is 2.10. The van der Waals surface area contributed by atoms with Gasteiger partial charge >= 0.3 is 0 Å². The smallest absolute Gasteiger partial charge is 0.147 e. The van der Waals surface area contributed by atoms with Gasteiger partial charge in [-0.05, 0) is 33.4 Å². The van der Waals surface area contributed by atoms with Crippen LogP contribution in [0.15, 0.2) is 0 Å². The lowest BCUT2D eigenvalue weighted by atomic mass is 9.99. The topological polar surface area (TPSA) is 32.3 Å². The van der Waals surface area contributed by atoms with Crippen molar-refractivity contribution >= 4 is 5.78 Å². The van der Waals surface area contributed by atoms with E-state index >= 15 is 0 Å². The Morgan fingerprint density at radius 2 is 1.87 bits per heavy atom. The molecule has 2 unspecified atom stereocenters. The van der Waals surface area contributed by atoms with Crippen LogP contribution in [-0.4, -0.2) is 42.9 Å². The number of rotatable bonds is 7. The van der Waals surface area contributed by atoms with Crippen molar-refractivity contribution < 1.29 is 4.79 Å². The molecule has 1 N–H and O–H groups in total. The SMILES string of the molecule is CCNC(C)CN(C)C(C(C)=O)C(C)C. The Hall–Kier alpha value is -0.410. The highest BCUT2D eigenvalue weighted by molar-refractivity contribution is 5.81. The zero-order chi connectivity index (χ0) is 12.0. The van der Waals surface area contributed by atoms with Crippen LogP contribution in [0, 0.1) is 5.92 Å². The molecule has 0 aliphatic carbocycles. The summed E-state index contributed by atoms with van der Waals surface area (Å²) in [5, 5.41) is 3.36. The van der Waals surface area contributed by atoms with E-state index in [0.717, 1.165) is 13.1 Å². The van der Waals surface area contributed by atoms with E-state index in [1.807, 2.05) is 7.05 Å². The third-order valence-corrected chi connectivity index (χ3v) is 2.64. The van der Waals surface area contributed by atoms with E-state index in [2.05, 4.69) is 37.9 Å². The van der Waals surface area contributed by atoms with Gasteiger partial charge in [0.2, 0.25) is 0 Å². The number of Topliss-reactive ketones (excluding diaryl/α,β-unsaturated/α-hetero) is 1. The molecule has 0 bridgehead atoms. The molecule has 90 valence electrons. The maximum Gasteiger partial charge on any atom is 0.147 e. The number of ketones is 1. The first-order valence-electron chi connectivity index (χ1n) is 5.84. The maximum atomic E-state index is 11.5. The molecule has 0 aromatic rings. The van der Waals surface area contributed by atoms with E-state index in [4.69, 9.17) is 0 Å². The zero-order valence-electron chi connectivity index (χ0n) is 11.0. The predicted molar refractivity (Wildman–Crippen MR) is 65.1 cm³/mol. The van der Waals surface area contributed by atoms with Crippen LogP contribution in [-0.2, 0) is 4.79 Å². The van der Waals surface area contributed by atoms with Gasteiger partial charge in [0, 0.05) is 12.6 Å². The molecule has 0 aromatic carbocycles. The molecule has 0 saturated carbocycles. The van der Waals surface area contributed by atoms with Crippen molar-refractivity contribution in [3.8, 4) is 0 Å². The summed E-state index contributed by atoms with van der Waals surface area (Å²) in [5.41, 5.74) is 0. The third-order valence-electron chi connectivity index (χ3n) is 2.64. The first-order valence-corrected chi connectivity index (χ1v) is 5.84. The lowest BCUT2D eigenvalue weighted by molar-refractivity contribution is -0.123. The Balaban J connectivity index is 4.25. The lowest BCUT2D eigenvalue weighted by Crippen LogP contribution is -2.47. The van der Waals surface area contributed by atoms with Crippen molar-refractivity contribution in [1.82, 2.24) is 10.2 Å². The summed E-state index contributed by atoms with van der Waals surface area (Å²) in [6, 6.07) is 0.478. The minimum atomic E-state index is 0.0473. The van der Waals surface area contributed by atoms with Crippen LogP contribution < -0.4 is 5.32 Å². The molecular formula is C12H26N2O. The lowest BCUT2D eigenvalue weighted by Gasteiger charge is -2.31. The fourth-order valence-electron chi connectivity index (χ4n) is 2.25. The molecule has 2 atom stereocenters. The van der Waals surface area contributed by atoms with Crippen molar-refractivity contribution in [2.24, 2.45) is 5.92 Å². The Labute approximate surface area is 94.2 Å². The largest absolute Gasteiger partial charge is 0.313 e. The van der Waals surface area contributed by atoms with Gasteiger partial charge in [-0.25, -0.2) is 0 Å². The molecule has 0 aliphatic rings. The van der Waals surface area contributed by atoms with E-state index in [1.54, 1.807) is 6.92 Å². The standard InChI is InChI=1S/C12H26N2O/c1-7-13-10(4)8-14(6)12(9(2)3)11(5)15/h9-10,12-13H,7-8H2,1-6H3. The molecular weight excluding hydrogens is 188 g/mol. The average Bonchev–Trinajstić information content (AvgIpc) is 2.01. The Morgan fingerprint density at radius 3 is 2.20 bits per heavy atom. The number of likely N-dealkylation sites (N-methyl/N-ethyl adjacent to an activating group) is 2. The van der Waals surface area contributed by atoms with Gasteiger partial charge in [0.1, 0.15) is 5.78 Å². The van der Waals surface area contributed by atoms with Gasteiger partial charge < -0.3 is 5.32 Å². The number of carbonyl (C=O) groups is 1. The van der Waals surface area contributed by atoms with Crippen LogP contribution in [0.4, 0.5) is 0 Å². The predicted octanol–water partition coefficient (Wildman–Crippen LogP) is 1.53. The highest BCUT2D eigenvalue weighted by Gasteiger charge is 2.23. The van der Waals surface area contributed by atoms with Crippen molar-refractivity contribution in [1.29, 1.82) is 0 Å². The van der Waals surface area contributed by atoms with Crippen LogP contribution in [0.1, 0.15) is 34.6 Å². The second-order valence-electron chi connectivity index (χ2n) is 4.70. The second-order valence-corrected chi connectivity index (χ2v) is 4.70. The summed E-state index contributed by atoms with van der Waals surface area (Å²) in [6.45, 7) is 12.0. The Morgan fingerprint density at radius 1 is 1.33 bits per heavy atom. The monoisotopic (exact) mass is 214 g/mol. The van der Waals surface area contributed by atoms with Crippen LogP contribution in [0.25, 0.3) is 0 Å². The van der Waals surface area contributed by atoms with Crippen LogP contribution >= 0.6 is 0 Å². The first kappa shape index (κ1) is 14.6. The summed E-state index contributed by atoms with van der Waals surface area (Å²) < 4.78 is 0. The second kappa shape index (κ2) is 6.96. The van der Waals surface area contributed by atoms with Crippen molar-refractivity contribution in [3.63, 3.8) is 0 Å². The highest BCUT2D eigenvalue weighted by atomic mass is 16.1. The minimum absolute atomic E-state index is 0.0473. The molecule has 0 aliphatic heterocycles. The fraction of sp³-hybridized carbons (Fsp3) is 0.917. The molecule has 0 amide bonds. The Bertz CT molecular complexity index is 192. The molecule has 0 heterocycles. The number of carbonyl (C=O) groups excluding carboxylic acids is 1. The first-order chi connectivity index (χ1) is 6.90. The molecule has 0 spiro atoms. The van der Waals surface area contributed by atoms with Crippen LogP contribution in [0.3, 0.4) is 0 Å². The summed E-state index contributed by atoms with van der Waals surface area (Å²) in [6.07, 6.45) is 0. The number of hydrogen-bond donors (Lipinski definition) is 1. The minimum Gasteiger partial charge on any atom is -0.313 e. The molecule has 0 aromatic heterocycles. The van der Waals surface area contributed by atoms with Gasteiger partial charge in [-0.15, -0.1) is 0 Å². The summed E-state index contributed by atoms with van der Waals surface area (Å²) in [5.74, 6) is 0.637. The van der Waals surface area contributed by atoms with E-state index in [9.17, 15) is 4.79 Å². The Kier molecular flexibility index (Phi) is 6.77. The number of nitrogens with one attached hydrogen (secondary N) is 1. The van der Waals surface area contributed by atoms with E-state index in [-0.39, 0.29) is 11.8 Å². The van der Waals surface area contributed by atoms with Gasteiger partial charge in [0.15, 0.2) is 0 Å². The maximum absolute atomic E-state index is 11.5. The molecule has 3 heteroatoms. The summed E-state index contributed by atoms with van der Waals surface area (Å²) >= 11 is 0. The summed E-state index contributed by atoms with van der Waals surface area (Å²) in [4.78, 5) is 13.7. The zero-order valence-corrected chi connectivity index (χ0v) is 11.0.